The molecule has 108 valence electrons. The van der Waals surface area contributed by atoms with Gasteiger partial charge in [0.2, 0.25) is 5.91 Å². The standard InChI is InChI=1S/C16H15NO3S/c1-11-9-12(16(19)20)7-8-14(11)17-15(18)10-21-13-5-3-2-4-6-13/h2-9H,10H2,1H3,(H,17,18)(H,19,20). The highest BCUT2D eigenvalue weighted by atomic mass is 32.2. The molecule has 1 amide bonds. The van der Waals surface area contributed by atoms with Gasteiger partial charge in [-0.05, 0) is 42.8 Å². The second-order valence-electron chi connectivity index (χ2n) is 4.48. The predicted molar refractivity (Wildman–Crippen MR) is 83.9 cm³/mol. The maximum atomic E-state index is 11.9. The smallest absolute Gasteiger partial charge is 0.335 e. The molecule has 0 aromatic heterocycles. The predicted octanol–water partition coefficient (Wildman–Crippen LogP) is 3.42. The fraction of sp³-hybridized carbons (Fsp3) is 0.125. The molecule has 0 atom stereocenters. The molecule has 4 nitrogen and oxygen atoms in total. The average molecular weight is 301 g/mol. The number of carboxylic acid groups (broad SMARTS) is 1. The molecule has 2 aromatic carbocycles. The number of carbonyl (C=O) groups is 2. The third-order valence-electron chi connectivity index (χ3n) is 2.86. The lowest BCUT2D eigenvalue weighted by Gasteiger charge is -2.09. The van der Waals surface area contributed by atoms with Crippen molar-refractivity contribution >= 4 is 29.3 Å². The Hall–Kier alpha value is -2.27. The Kier molecular flexibility index (Phi) is 5.00. The van der Waals surface area contributed by atoms with E-state index >= 15 is 0 Å². The molecule has 0 radical (unpaired) electrons. The van der Waals surface area contributed by atoms with Crippen molar-refractivity contribution < 1.29 is 14.7 Å². The third-order valence-corrected chi connectivity index (χ3v) is 3.87. The van der Waals surface area contributed by atoms with Crippen LogP contribution in [-0.2, 0) is 4.79 Å². The number of aryl methyl sites for hydroxylation is 1. The topological polar surface area (TPSA) is 66.4 Å². The minimum atomic E-state index is -0.976. The lowest BCUT2D eigenvalue weighted by Crippen LogP contribution is -2.15. The van der Waals surface area contributed by atoms with Crippen LogP contribution in [-0.4, -0.2) is 22.7 Å². The summed E-state index contributed by atoms with van der Waals surface area (Å²) in [5.74, 6) is -0.782. The highest BCUT2D eigenvalue weighted by Gasteiger charge is 2.08. The number of aromatic carboxylic acids is 1. The zero-order valence-corrected chi connectivity index (χ0v) is 12.3. The molecule has 2 aromatic rings. The largest absolute Gasteiger partial charge is 0.478 e. The van der Waals surface area contributed by atoms with Crippen molar-refractivity contribution in [2.75, 3.05) is 11.1 Å². The summed E-state index contributed by atoms with van der Waals surface area (Å²) in [4.78, 5) is 23.8. The minimum absolute atomic E-state index is 0.116. The molecule has 0 aliphatic carbocycles. The maximum Gasteiger partial charge on any atom is 0.335 e. The van der Waals surface area contributed by atoms with E-state index < -0.39 is 5.97 Å². The van der Waals surface area contributed by atoms with Crippen LogP contribution >= 0.6 is 11.8 Å². The molecule has 21 heavy (non-hydrogen) atoms. The molecule has 0 unspecified atom stereocenters. The first-order valence-corrected chi connectivity index (χ1v) is 7.36. The first kappa shape index (κ1) is 15.1. The van der Waals surface area contributed by atoms with E-state index in [1.807, 2.05) is 30.3 Å². The van der Waals surface area contributed by atoms with Gasteiger partial charge >= 0.3 is 5.97 Å². The number of anilines is 1. The molecule has 2 N–H and O–H groups in total. The van der Waals surface area contributed by atoms with Crippen molar-refractivity contribution in [3.05, 3.63) is 59.7 Å². The summed E-state index contributed by atoms with van der Waals surface area (Å²) in [6.45, 7) is 1.77. The summed E-state index contributed by atoms with van der Waals surface area (Å²) in [7, 11) is 0. The van der Waals surface area contributed by atoms with Crippen molar-refractivity contribution in [1.29, 1.82) is 0 Å². The highest BCUT2D eigenvalue weighted by molar-refractivity contribution is 8.00. The van der Waals surface area contributed by atoms with Crippen LogP contribution < -0.4 is 5.32 Å². The van der Waals surface area contributed by atoms with Crippen LogP contribution in [0.3, 0.4) is 0 Å². The summed E-state index contributed by atoms with van der Waals surface area (Å²) >= 11 is 1.46. The summed E-state index contributed by atoms with van der Waals surface area (Å²) in [5.41, 5.74) is 1.58. The number of hydrogen-bond donors (Lipinski definition) is 2. The van der Waals surface area contributed by atoms with Gasteiger partial charge in [-0.15, -0.1) is 11.8 Å². The lowest BCUT2D eigenvalue weighted by molar-refractivity contribution is -0.113. The van der Waals surface area contributed by atoms with E-state index in [0.717, 1.165) is 10.5 Å². The molecule has 0 aliphatic rings. The first-order chi connectivity index (χ1) is 10.1. The van der Waals surface area contributed by atoms with Gasteiger partial charge in [0.1, 0.15) is 0 Å². The van der Waals surface area contributed by atoms with Crippen molar-refractivity contribution in [3.8, 4) is 0 Å². The van der Waals surface area contributed by atoms with Crippen molar-refractivity contribution in [1.82, 2.24) is 0 Å². The second kappa shape index (κ2) is 6.95. The fourth-order valence-corrected chi connectivity index (χ4v) is 2.51. The van der Waals surface area contributed by atoms with Gasteiger partial charge < -0.3 is 10.4 Å². The minimum Gasteiger partial charge on any atom is -0.478 e. The Labute approximate surface area is 127 Å². The van der Waals surface area contributed by atoms with Gasteiger partial charge in [0.25, 0.3) is 0 Å². The average Bonchev–Trinajstić information content (AvgIpc) is 2.48. The number of carbonyl (C=O) groups excluding carboxylic acids is 1. The van der Waals surface area contributed by atoms with E-state index in [4.69, 9.17) is 5.11 Å². The Morgan fingerprint density at radius 3 is 2.48 bits per heavy atom. The highest BCUT2D eigenvalue weighted by Crippen LogP contribution is 2.19. The summed E-state index contributed by atoms with van der Waals surface area (Å²) in [5, 5.41) is 11.7. The van der Waals surface area contributed by atoms with E-state index in [9.17, 15) is 9.59 Å². The maximum absolute atomic E-state index is 11.9. The molecule has 0 saturated carbocycles. The molecule has 0 aliphatic heterocycles. The van der Waals surface area contributed by atoms with Crippen molar-refractivity contribution in [3.63, 3.8) is 0 Å². The van der Waals surface area contributed by atoms with Crippen LogP contribution in [0.4, 0.5) is 5.69 Å². The van der Waals surface area contributed by atoms with Gasteiger partial charge in [0.15, 0.2) is 0 Å². The van der Waals surface area contributed by atoms with Gasteiger partial charge in [-0.3, -0.25) is 4.79 Å². The summed E-state index contributed by atoms with van der Waals surface area (Å²) < 4.78 is 0. The van der Waals surface area contributed by atoms with Crippen LogP contribution in [0.2, 0.25) is 0 Å². The zero-order chi connectivity index (χ0) is 15.2. The third kappa shape index (κ3) is 4.36. The van der Waals surface area contributed by atoms with Crippen molar-refractivity contribution in [2.45, 2.75) is 11.8 Å². The zero-order valence-electron chi connectivity index (χ0n) is 11.5. The molecular weight excluding hydrogens is 286 g/mol. The van der Waals surface area contributed by atoms with E-state index in [1.165, 1.54) is 17.8 Å². The Morgan fingerprint density at radius 2 is 1.86 bits per heavy atom. The number of benzene rings is 2. The lowest BCUT2D eigenvalue weighted by atomic mass is 10.1. The Morgan fingerprint density at radius 1 is 1.14 bits per heavy atom. The molecule has 0 heterocycles. The summed E-state index contributed by atoms with van der Waals surface area (Å²) in [6, 6.07) is 14.3. The van der Waals surface area contributed by atoms with Crippen molar-refractivity contribution in [2.24, 2.45) is 0 Å². The molecule has 0 bridgehead atoms. The monoisotopic (exact) mass is 301 g/mol. The molecule has 0 saturated heterocycles. The fourth-order valence-electron chi connectivity index (χ4n) is 1.79. The van der Waals surface area contributed by atoms with Gasteiger partial charge in [-0.25, -0.2) is 4.79 Å². The van der Waals surface area contributed by atoms with Crippen LogP contribution in [0.15, 0.2) is 53.4 Å². The van der Waals surface area contributed by atoms with E-state index in [-0.39, 0.29) is 11.5 Å². The van der Waals surface area contributed by atoms with Crippen LogP contribution in [0.5, 0.6) is 0 Å². The first-order valence-electron chi connectivity index (χ1n) is 6.38. The molecular formula is C16H15NO3S. The SMILES string of the molecule is Cc1cc(C(=O)O)ccc1NC(=O)CSc1ccccc1. The van der Waals surface area contributed by atoms with Gasteiger partial charge in [-0.1, -0.05) is 18.2 Å². The Bertz CT molecular complexity index is 656. The molecule has 5 heteroatoms. The van der Waals surface area contributed by atoms with Crippen LogP contribution in [0, 0.1) is 6.92 Å². The molecule has 0 spiro atoms. The van der Waals surface area contributed by atoms with E-state index in [2.05, 4.69) is 5.32 Å². The Balaban J connectivity index is 1.95. The van der Waals surface area contributed by atoms with Gasteiger partial charge in [0, 0.05) is 10.6 Å². The summed E-state index contributed by atoms with van der Waals surface area (Å²) in [6.07, 6.45) is 0. The number of thioether (sulfide) groups is 1. The van der Waals surface area contributed by atoms with Crippen LogP contribution in [0.1, 0.15) is 15.9 Å². The number of carboxylic acids is 1. The number of amides is 1. The number of rotatable bonds is 5. The second-order valence-corrected chi connectivity index (χ2v) is 5.53. The van der Waals surface area contributed by atoms with E-state index in [0.29, 0.717) is 11.4 Å². The van der Waals surface area contributed by atoms with Gasteiger partial charge in [0.05, 0.1) is 11.3 Å². The number of hydrogen-bond acceptors (Lipinski definition) is 3. The van der Waals surface area contributed by atoms with Gasteiger partial charge in [-0.2, -0.15) is 0 Å². The van der Waals surface area contributed by atoms with E-state index in [1.54, 1.807) is 19.1 Å². The number of nitrogens with one attached hydrogen (secondary N) is 1. The molecule has 2 rings (SSSR count). The normalized spacial score (nSPS) is 10.1. The molecule has 0 fully saturated rings. The van der Waals surface area contributed by atoms with Crippen LogP contribution in [0.25, 0.3) is 0 Å². The quantitative estimate of drug-likeness (QED) is 0.830.